The van der Waals surface area contributed by atoms with Gasteiger partial charge in [0.15, 0.2) is 6.29 Å². The van der Waals surface area contributed by atoms with Gasteiger partial charge in [0, 0.05) is 5.92 Å². The molecular formula is C17H26O6. The Labute approximate surface area is 136 Å². The third-order valence-corrected chi connectivity index (χ3v) is 5.13. The Balaban J connectivity index is 1.79. The van der Waals surface area contributed by atoms with Crippen molar-refractivity contribution in [1.82, 2.24) is 0 Å². The van der Waals surface area contributed by atoms with Crippen LogP contribution in [-0.4, -0.2) is 41.7 Å². The minimum Gasteiger partial charge on any atom is -0.462 e. The van der Waals surface area contributed by atoms with Crippen molar-refractivity contribution < 1.29 is 29.3 Å². The van der Waals surface area contributed by atoms with Crippen molar-refractivity contribution in [2.45, 2.75) is 39.9 Å². The number of allylic oxidation sites excluding steroid dienone is 2. The molecule has 0 aromatic carbocycles. The molecule has 2 rings (SSSR count). The van der Waals surface area contributed by atoms with Gasteiger partial charge in [0.05, 0.1) is 11.3 Å². The molecule has 0 aromatic rings. The number of fused-ring (bicyclic) bond motifs is 2. The van der Waals surface area contributed by atoms with Gasteiger partial charge >= 0.3 is 11.9 Å². The van der Waals surface area contributed by atoms with Crippen LogP contribution >= 0.6 is 0 Å². The highest BCUT2D eigenvalue weighted by Gasteiger charge is 2.51. The van der Waals surface area contributed by atoms with Crippen molar-refractivity contribution in [2.75, 3.05) is 13.2 Å². The highest BCUT2D eigenvalue weighted by atomic mass is 16.6. The number of esters is 2. The Hall–Kier alpha value is -1.40. The fourth-order valence-electron chi connectivity index (χ4n) is 3.31. The average Bonchev–Trinajstić information content (AvgIpc) is 3.11. The summed E-state index contributed by atoms with van der Waals surface area (Å²) in [6.45, 7) is 5.50. The van der Waals surface area contributed by atoms with E-state index in [0.717, 1.165) is 6.42 Å². The topological polar surface area (TPSA) is 93.1 Å². The zero-order valence-electron chi connectivity index (χ0n) is 13.9. The molecule has 0 radical (unpaired) electrons. The SMILES string of the molecule is CCC(C)(C)C(=O)OCCOC(=O)C1C2C=CC(C2)C1C(O)O. The maximum atomic E-state index is 12.2. The minimum absolute atomic E-state index is 0.000810. The van der Waals surface area contributed by atoms with Crippen LogP contribution in [0.25, 0.3) is 0 Å². The predicted octanol–water partition coefficient (Wildman–Crippen LogP) is 1.26. The fraction of sp³-hybridized carbons (Fsp3) is 0.765. The Kier molecular flexibility index (Phi) is 5.47. The molecule has 6 nitrogen and oxygen atoms in total. The summed E-state index contributed by atoms with van der Waals surface area (Å²) in [7, 11) is 0. The lowest BCUT2D eigenvalue weighted by Crippen LogP contribution is -2.37. The van der Waals surface area contributed by atoms with Gasteiger partial charge in [-0.25, -0.2) is 0 Å². The molecule has 0 amide bonds. The average molecular weight is 326 g/mol. The molecule has 2 N–H and O–H groups in total. The summed E-state index contributed by atoms with van der Waals surface area (Å²) in [5, 5.41) is 19.0. The lowest BCUT2D eigenvalue weighted by molar-refractivity contribution is -0.166. The summed E-state index contributed by atoms with van der Waals surface area (Å²) in [5.74, 6) is -1.80. The first-order valence-electron chi connectivity index (χ1n) is 8.16. The molecule has 6 heteroatoms. The third-order valence-electron chi connectivity index (χ3n) is 5.13. The van der Waals surface area contributed by atoms with E-state index in [0.29, 0.717) is 6.42 Å². The van der Waals surface area contributed by atoms with Crippen LogP contribution in [-0.2, 0) is 19.1 Å². The highest BCUT2D eigenvalue weighted by molar-refractivity contribution is 5.76. The van der Waals surface area contributed by atoms with Crippen molar-refractivity contribution in [1.29, 1.82) is 0 Å². The van der Waals surface area contributed by atoms with E-state index < -0.39 is 29.5 Å². The first-order chi connectivity index (χ1) is 10.8. The van der Waals surface area contributed by atoms with Gasteiger partial charge in [0.25, 0.3) is 0 Å². The second-order valence-corrected chi connectivity index (χ2v) is 7.01. The van der Waals surface area contributed by atoms with Crippen LogP contribution < -0.4 is 0 Å². The lowest BCUT2D eigenvalue weighted by atomic mass is 9.82. The quantitative estimate of drug-likeness (QED) is 0.317. The number of carbonyl (C=O) groups is 2. The summed E-state index contributed by atoms with van der Waals surface area (Å²) >= 11 is 0. The van der Waals surface area contributed by atoms with Crippen molar-refractivity contribution in [3.63, 3.8) is 0 Å². The second-order valence-electron chi connectivity index (χ2n) is 7.01. The van der Waals surface area contributed by atoms with Gasteiger partial charge < -0.3 is 19.7 Å². The van der Waals surface area contributed by atoms with E-state index in [1.807, 2.05) is 19.1 Å². The van der Waals surface area contributed by atoms with Crippen LogP contribution in [0, 0.1) is 29.1 Å². The van der Waals surface area contributed by atoms with Crippen LogP contribution in [0.4, 0.5) is 0 Å². The normalized spacial score (nSPS) is 29.1. The van der Waals surface area contributed by atoms with E-state index in [2.05, 4.69) is 0 Å². The number of aliphatic hydroxyl groups excluding tert-OH is 1. The van der Waals surface area contributed by atoms with Crippen LogP contribution in [0.1, 0.15) is 33.6 Å². The number of hydrogen-bond acceptors (Lipinski definition) is 6. The smallest absolute Gasteiger partial charge is 0.311 e. The predicted molar refractivity (Wildman–Crippen MR) is 81.9 cm³/mol. The van der Waals surface area contributed by atoms with Crippen LogP contribution in [0.15, 0.2) is 12.2 Å². The van der Waals surface area contributed by atoms with Crippen molar-refractivity contribution in [3.05, 3.63) is 12.2 Å². The zero-order chi connectivity index (χ0) is 17.2. The number of carbonyl (C=O) groups excluding carboxylic acids is 2. The van der Waals surface area contributed by atoms with Crippen molar-refractivity contribution in [3.8, 4) is 0 Å². The molecule has 0 spiro atoms. The fourth-order valence-corrected chi connectivity index (χ4v) is 3.31. The van der Waals surface area contributed by atoms with Crippen LogP contribution in [0.2, 0.25) is 0 Å². The van der Waals surface area contributed by atoms with Gasteiger partial charge in [-0.15, -0.1) is 0 Å². The molecule has 0 saturated heterocycles. The minimum atomic E-state index is -1.53. The third kappa shape index (κ3) is 3.75. The first-order valence-corrected chi connectivity index (χ1v) is 8.16. The Morgan fingerprint density at radius 3 is 2.39 bits per heavy atom. The Morgan fingerprint density at radius 1 is 1.17 bits per heavy atom. The van der Waals surface area contributed by atoms with Gasteiger partial charge in [-0.05, 0) is 38.5 Å². The molecule has 2 aliphatic carbocycles. The number of rotatable bonds is 7. The molecular weight excluding hydrogens is 300 g/mol. The summed E-state index contributed by atoms with van der Waals surface area (Å²) in [5.41, 5.74) is -0.550. The van der Waals surface area contributed by atoms with E-state index in [4.69, 9.17) is 9.47 Å². The van der Waals surface area contributed by atoms with E-state index in [-0.39, 0.29) is 31.0 Å². The zero-order valence-corrected chi connectivity index (χ0v) is 13.9. The van der Waals surface area contributed by atoms with Gasteiger partial charge in [-0.3, -0.25) is 9.59 Å². The second kappa shape index (κ2) is 7.01. The lowest BCUT2D eigenvalue weighted by Gasteiger charge is -2.27. The maximum absolute atomic E-state index is 12.2. The van der Waals surface area contributed by atoms with Crippen LogP contribution in [0.3, 0.4) is 0 Å². The van der Waals surface area contributed by atoms with E-state index in [9.17, 15) is 19.8 Å². The number of ether oxygens (including phenoxy) is 2. The van der Waals surface area contributed by atoms with E-state index in [1.165, 1.54) is 0 Å². The molecule has 0 aliphatic heterocycles. The Morgan fingerprint density at radius 2 is 1.78 bits per heavy atom. The molecule has 23 heavy (non-hydrogen) atoms. The summed E-state index contributed by atoms with van der Waals surface area (Å²) in [4.78, 5) is 24.0. The molecule has 0 aromatic heterocycles. The number of hydrogen-bond donors (Lipinski definition) is 2. The van der Waals surface area contributed by atoms with Gasteiger partial charge in [-0.1, -0.05) is 19.1 Å². The molecule has 4 atom stereocenters. The van der Waals surface area contributed by atoms with Crippen LogP contribution in [0.5, 0.6) is 0 Å². The Bertz CT molecular complexity index is 481. The monoisotopic (exact) mass is 326 g/mol. The summed E-state index contributed by atoms with van der Waals surface area (Å²) in [6.07, 6.45) is 3.77. The van der Waals surface area contributed by atoms with Crippen molar-refractivity contribution in [2.24, 2.45) is 29.1 Å². The number of aliphatic hydroxyl groups is 2. The maximum Gasteiger partial charge on any atom is 0.311 e. The molecule has 2 bridgehead atoms. The van der Waals surface area contributed by atoms with E-state index >= 15 is 0 Å². The summed E-state index contributed by atoms with van der Waals surface area (Å²) in [6, 6.07) is 0. The molecule has 1 saturated carbocycles. The first kappa shape index (κ1) is 17.9. The van der Waals surface area contributed by atoms with Gasteiger partial charge in [0.1, 0.15) is 13.2 Å². The van der Waals surface area contributed by atoms with E-state index in [1.54, 1.807) is 13.8 Å². The standard InChI is InChI=1S/C17H26O6/c1-4-17(2,3)16(21)23-8-7-22-15(20)13-11-6-5-10(9-11)12(13)14(18)19/h5-6,10-14,18-19H,4,7-9H2,1-3H3. The largest absolute Gasteiger partial charge is 0.462 e. The molecule has 4 unspecified atom stereocenters. The molecule has 2 aliphatic rings. The summed E-state index contributed by atoms with van der Waals surface area (Å²) < 4.78 is 10.3. The molecule has 130 valence electrons. The highest BCUT2D eigenvalue weighted by Crippen LogP contribution is 2.49. The molecule has 0 heterocycles. The van der Waals surface area contributed by atoms with Gasteiger partial charge in [-0.2, -0.15) is 0 Å². The van der Waals surface area contributed by atoms with Gasteiger partial charge in [0.2, 0.25) is 0 Å². The molecule has 1 fully saturated rings. The van der Waals surface area contributed by atoms with Crippen molar-refractivity contribution >= 4 is 11.9 Å².